The Morgan fingerprint density at radius 2 is 1.90 bits per heavy atom. The van der Waals surface area contributed by atoms with Crippen molar-refractivity contribution < 1.29 is 4.79 Å². The highest BCUT2D eigenvalue weighted by molar-refractivity contribution is 7.18. The first-order valence-electron chi connectivity index (χ1n) is 10.0. The van der Waals surface area contributed by atoms with Gasteiger partial charge in [0.05, 0.1) is 28.0 Å². The van der Waals surface area contributed by atoms with Gasteiger partial charge >= 0.3 is 0 Å². The summed E-state index contributed by atoms with van der Waals surface area (Å²) >= 11 is 1.70. The molecule has 0 aliphatic heterocycles. The first-order chi connectivity index (χ1) is 14.6. The molecule has 30 heavy (non-hydrogen) atoms. The van der Waals surface area contributed by atoms with Crippen LogP contribution in [0.15, 0.2) is 60.8 Å². The molecule has 0 atom stereocenters. The van der Waals surface area contributed by atoms with Gasteiger partial charge < -0.3 is 10.2 Å². The molecule has 0 saturated carbocycles. The number of thiazole rings is 1. The van der Waals surface area contributed by atoms with Crippen LogP contribution in [-0.4, -0.2) is 34.8 Å². The number of carbonyl (C=O) groups is 1. The van der Waals surface area contributed by atoms with E-state index in [1.54, 1.807) is 17.5 Å². The molecule has 0 radical (unpaired) electrons. The molecule has 1 N–H and O–H groups in total. The average Bonchev–Trinajstić information content (AvgIpc) is 3.34. The van der Waals surface area contributed by atoms with Gasteiger partial charge in [-0.1, -0.05) is 24.3 Å². The van der Waals surface area contributed by atoms with Gasteiger partial charge in [-0.15, -0.1) is 11.3 Å². The molecule has 4 rings (SSSR count). The normalized spacial score (nSPS) is 11.0. The van der Waals surface area contributed by atoms with Gasteiger partial charge in [0, 0.05) is 32.3 Å². The maximum atomic E-state index is 12.4. The van der Waals surface area contributed by atoms with Crippen molar-refractivity contribution in [1.82, 2.24) is 14.8 Å². The van der Waals surface area contributed by atoms with Crippen LogP contribution in [0.1, 0.15) is 23.4 Å². The van der Waals surface area contributed by atoms with E-state index < -0.39 is 0 Å². The van der Waals surface area contributed by atoms with Gasteiger partial charge in [-0.05, 0) is 42.7 Å². The number of aryl methyl sites for hydroxylation is 1. The van der Waals surface area contributed by atoms with Gasteiger partial charge in [0.2, 0.25) is 5.91 Å². The minimum absolute atomic E-state index is 0.000756. The highest BCUT2D eigenvalue weighted by atomic mass is 32.1. The van der Waals surface area contributed by atoms with Crippen molar-refractivity contribution in [3.05, 3.63) is 71.4 Å². The van der Waals surface area contributed by atoms with E-state index in [9.17, 15) is 4.79 Å². The van der Waals surface area contributed by atoms with E-state index in [2.05, 4.69) is 50.6 Å². The number of carbonyl (C=O) groups excluding carboxylic acids is 1. The third-order valence-electron chi connectivity index (χ3n) is 4.90. The minimum Gasteiger partial charge on any atom is -0.378 e. The fourth-order valence-corrected chi connectivity index (χ4v) is 4.28. The second-order valence-electron chi connectivity index (χ2n) is 7.41. The number of para-hydroxylation sites is 1. The van der Waals surface area contributed by atoms with Crippen LogP contribution in [0.4, 0.5) is 11.5 Å². The molecule has 6 nitrogen and oxygen atoms in total. The van der Waals surface area contributed by atoms with Crippen molar-refractivity contribution in [2.24, 2.45) is 0 Å². The van der Waals surface area contributed by atoms with Crippen LogP contribution in [0.2, 0.25) is 0 Å². The molecular formula is C23H25N5OS. The molecular weight excluding hydrogens is 394 g/mol. The van der Waals surface area contributed by atoms with Gasteiger partial charge in [-0.2, -0.15) is 5.10 Å². The summed E-state index contributed by atoms with van der Waals surface area (Å²) < 4.78 is 3.01. The molecule has 0 aliphatic carbocycles. The molecule has 154 valence electrons. The monoisotopic (exact) mass is 419 g/mol. The van der Waals surface area contributed by atoms with Crippen molar-refractivity contribution in [3.8, 4) is 0 Å². The summed E-state index contributed by atoms with van der Waals surface area (Å²) in [6.45, 7) is 0.613. The van der Waals surface area contributed by atoms with Gasteiger partial charge in [0.1, 0.15) is 5.82 Å². The van der Waals surface area contributed by atoms with Crippen LogP contribution >= 0.6 is 11.3 Å². The molecule has 2 aromatic heterocycles. The van der Waals surface area contributed by atoms with Crippen molar-refractivity contribution in [1.29, 1.82) is 0 Å². The Kier molecular flexibility index (Phi) is 6.09. The maximum absolute atomic E-state index is 12.4. The number of hydrogen-bond donors (Lipinski definition) is 1. The molecule has 0 spiro atoms. The van der Waals surface area contributed by atoms with Gasteiger partial charge in [-0.25, -0.2) is 9.67 Å². The Bertz CT molecular complexity index is 1100. The topological polar surface area (TPSA) is 63.1 Å². The number of nitrogens with one attached hydrogen (secondary N) is 1. The van der Waals surface area contributed by atoms with E-state index in [0.717, 1.165) is 40.4 Å². The number of amides is 1. The second kappa shape index (κ2) is 9.09. The third-order valence-corrected chi connectivity index (χ3v) is 6.00. The smallest absolute Gasteiger partial charge is 0.225 e. The number of fused-ring (bicyclic) bond motifs is 1. The van der Waals surface area contributed by atoms with Crippen molar-refractivity contribution in [3.63, 3.8) is 0 Å². The Morgan fingerprint density at radius 1 is 1.10 bits per heavy atom. The molecule has 0 bridgehead atoms. The van der Waals surface area contributed by atoms with E-state index in [-0.39, 0.29) is 5.91 Å². The highest BCUT2D eigenvalue weighted by Crippen LogP contribution is 2.23. The van der Waals surface area contributed by atoms with Gasteiger partial charge in [0.25, 0.3) is 0 Å². The van der Waals surface area contributed by atoms with E-state index in [1.807, 2.05) is 43.0 Å². The molecule has 7 heteroatoms. The highest BCUT2D eigenvalue weighted by Gasteiger charge is 2.09. The molecule has 0 aliphatic rings. The molecule has 2 aromatic carbocycles. The van der Waals surface area contributed by atoms with Crippen molar-refractivity contribution in [2.45, 2.75) is 25.8 Å². The zero-order valence-electron chi connectivity index (χ0n) is 17.2. The van der Waals surface area contributed by atoms with Crippen LogP contribution in [0.5, 0.6) is 0 Å². The van der Waals surface area contributed by atoms with E-state index in [0.29, 0.717) is 13.0 Å². The summed E-state index contributed by atoms with van der Waals surface area (Å²) in [5.41, 5.74) is 3.32. The summed E-state index contributed by atoms with van der Waals surface area (Å²) in [5.74, 6) is 0.720. The van der Waals surface area contributed by atoms with Crippen molar-refractivity contribution in [2.75, 3.05) is 24.3 Å². The minimum atomic E-state index is 0.000756. The largest absolute Gasteiger partial charge is 0.378 e. The lowest BCUT2D eigenvalue weighted by Crippen LogP contribution is -2.16. The summed E-state index contributed by atoms with van der Waals surface area (Å²) in [5, 5.41) is 8.43. The summed E-state index contributed by atoms with van der Waals surface area (Å²) in [6.07, 6.45) is 3.75. The summed E-state index contributed by atoms with van der Waals surface area (Å²) in [6, 6.07) is 18.3. The fourth-order valence-electron chi connectivity index (χ4n) is 3.27. The zero-order valence-corrected chi connectivity index (χ0v) is 18.0. The number of hydrogen-bond acceptors (Lipinski definition) is 5. The molecule has 0 fully saturated rings. The summed E-state index contributed by atoms with van der Waals surface area (Å²) in [7, 11) is 4.04. The lowest BCUT2D eigenvalue weighted by molar-refractivity contribution is -0.116. The fraction of sp³-hybridized carbons (Fsp3) is 0.261. The SMILES string of the molecule is CN(C)c1ccc(Cn2nccc2NC(=O)CCCc2nc3ccccc3s2)cc1. The Hall–Kier alpha value is -3.19. The second-order valence-corrected chi connectivity index (χ2v) is 8.53. The lowest BCUT2D eigenvalue weighted by atomic mass is 10.2. The van der Waals surface area contributed by atoms with Crippen LogP contribution in [0.25, 0.3) is 10.2 Å². The number of aromatic nitrogens is 3. The Labute approximate surface area is 180 Å². The van der Waals surface area contributed by atoms with Crippen LogP contribution in [0.3, 0.4) is 0 Å². The Balaban J connectivity index is 1.30. The van der Waals surface area contributed by atoms with Crippen LogP contribution in [0, 0.1) is 0 Å². The summed E-state index contributed by atoms with van der Waals surface area (Å²) in [4.78, 5) is 19.1. The molecule has 1 amide bonds. The average molecular weight is 420 g/mol. The van der Waals surface area contributed by atoms with Gasteiger partial charge in [-0.3, -0.25) is 4.79 Å². The standard InChI is InChI=1S/C23H25N5OS/c1-27(2)18-12-10-17(11-13-18)16-28-21(14-15-24-28)26-22(29)8-5-9-23-25-19-6-3-4-7-20(19)30-23/h3-4,6-7,10-15H,5,8-9,16H2,1-2H3,(H,26,29). The van der Waals surface area contributed by atoms with E-state index in [4.69, 9.17) is 0 Å². The third kappa shape index (κ3) is 4.86. The molecule has 0 unspecified atom stereocenters. The zero-order chi connectivity index (χ0) is 20.9. The number of benzene rings is 2. The Morgan fingerprint density at radius 3 is 2.67 bits per heavy atom. The predicted octanol–water partition coefficient (Wildman–Crippen LogP) is 4.57. The molecule has 2 heterocycles. The van der Waals surface area contributed by atoms with Crippen LogP contribution in [-0.2, 0) is 17.8 Å². The van der Waals surface area contributed by atoms with E-state index >= 15 is 0 Å². The predicted molar refractivity (Wildman–Crippen MR) is 123 cm³/mol. The first-order valence-corrected chi connectivity index (χ1v) is 10.8. The quantitative estimate of drug-likeness (QED) is 0.454. The number of nitrogens with zero attached hydrogens (tertiary/aromatic N) is 4. The van der Waals surface area contributed by atoms with E-state index in [1.165, 1.54) is 4.70 Å². The lowest BCUT2D eigenvalue weighted by Gasteiger charge is -2.13. The van der Waals surface area contributed by atoms with Crippen molar-refractivity contribution >= 4 is 39.0 Å². The van der Waals surface area contributed by atoms with Gasteiger partial charge in [0.15, 0.2) is 0 Å². The number of rotatable bonds is 8. The maximum Gasteiger partial charge on any atom is 0.225 e. The van der Waals surface area contributed by atoms with Crippen LogP contribution < -0.4 is 10.2 Å². The number of anilines is 2. The molecule has 4 aromatic rings. The first kappa shape index (κ1) is 20.1. The molecule has 0 saturated heterocycles.